The third-order valence-corrected chi connectivity index (χ3v) is 7.94. The fourth-order valence-electron chi connectivity index (χ4n) is 4.53. The summed E-state index contributed by atoms with van der Waals surface area (Å²) in [6.45, 7) is 2.16. The van der Waals surface area contributed by atoms with Gasteiger partial charge in [-0.15, -0.1) is 0 Å². The molecule has 0 saturated heterocycles. The number of unbranched alkanes of at least 4 members (excludes halogenated alkanes) is 1. The fraction of sp³-hybridized carbons (Fsp3) is 0.714. The van der Waals surface area contributed by atoms with E-state index in [1.54, 1.807) is 0 Å². The molecule has 0 aliphatic heterocycles. The molecule has 1 unspecified atom stereocenters. The molecule has 4 N–H and O–H groups in total. The highest BCUT2D eigenvalue weighted by molar-refractivity contribution is 7.99. The molecule has 158 valence electrons. The van der Waals surface area contributed by atoms with Crippen LogP contribution in [0.1, 0.15) is 68.1 Å². The van der Waals surface area contributed by atoms with Crippen LogP contribution in [-0.2, 0) is 21.9 Å². The second kappa shape index (κ2) is 9.63. The Bertz CT molecular complexity index is 710. The SMILES string of the molecule is CCCCSCC1CCc2cc([C@@H]3CC[C@](N)(COP(=O)(O)O)C3)ccc2C1. The maximum absolute atomic E-state index is 11.0. The summed E-state index contributed by atoms with van der Waals surface area (Å²) in [5.41, 5.74) is 9.99. The van der Waals surface area contributed by atoms with Crippen molar-refractivity contribution < 1.29 is 18.9 Å². The van der Waals surface area contributed by atoms with Crippen LogP contribution in [0.3, 0.4) is 0 Å². The van der Waals surface area contributed by atoms with Crippen LogP contribution in [0.15, 0.2) is 18.2 Å². The Morgan fingerprint density at radius 1 is 1.32 bits per heavy atom. The molecule has 0 radical (unpaired) electrons. The molecule has 7 heteroatoms. The highest BCUT2D eigenvalue weighted by Crippen LogP contribution is 2.44. The number of thioether (sulfide) groups is 1. The molecule has 28 heavy (non-hydrogen) atoms. The van der Waals surface area contributed by atoms with Crippen LogP contribution in [0.25, 0.3) is 0 Å². The van der Waals surface area contributed by atoms with Crippen molar-refractivity contribution in [2.75, 3.05) is 18.1 Å². The Labute approximate surface area is 173 Å². The highest BCUT2D eigenvalue weighted by atomic mass is 32.2. The average molecular weight is 428 g/mol. The van der Waals surface area contributed by atoms with Gasteiger partial charge in [0.1, 0.15) is 0 Å². The van der Waals surface area contributed by atoms with Crippen molar-refractivity contribution >= 4 is 19.6 Å². The first-order chi connectivity index (χ1) is 13.3. The van der Waals surface area contributed by atoms with Gasteiger partial charge in [0.2, 0.25) is 0 Å². The van der Waals surface area contributed by atoms with Crippen LogP contribution in [-0.4, -0.2) is 33.4 Å². The number of benzene rings is 1. The average Bonchev–Trinajstić information content (AvgIpc) is 3.05. The lowest BCUT2D eigenvalue weighted by atomic mass is 9.82. The van der Waals surface area contributed by atoms with Gasteiger partial charge in [-0.2, -0.15) is 11.8 Å². The van der Waals surface area contributed by atoms with E-state index in [1.807, 2.05) is 0 Å². The number of fused-ring (bicyclic) bond motifs is 1. The summed E-state index contributed by atoms with van der Waals surface area (Å²) in [5.74, 6) is 3.71. The Morgan fingerprint density at radius 2 is 2.14 bits per heavy atom. The summed E-state index contributed by atoms with van der Waals surface area (Å²) >= 11 is 2.11. The van der Waals surface area contributed by atoms with E-state index in [0.717, 1.165) is 25.2 Å². The third kappa shape index (κ3) is 6.32. The van der Waals surface area contributed by atoms with Gasteiger partial charge < -0.3 is 15.5 Å². The number of phosphoric ester groups is 1. The van der Waals surface area contributed by atoms with Crippen LogP contribution in [0.4, 0.5) is 0 Å². The molecule has 1 aromatic rings. The van der Waals surface area contributed by atoms with E-state index in [1.165, 1.54) is 53.9 Å². The highest BCUT2D eigenvalue weighted by Gasteiger charge is 2.38. The molecule has 2 aliphatic rings. The maximum Gasteiger partial charge on any atom is 0.469 e. The van der Waals surface area contributed by atoms with Crippen LogP contribution >= 0.6 is 19.6 Å². The Hall–Kier alpha value is -0.360. The zero-order valence-electron chi connectivity index (χ0n) is 16.8. The molecule has 0 bridgehead atoms. The van der Waals surface area contributed by atoms with Crippen molar-refractivity contribution in [3.8, 4) is 0 Å². The third-order valence-electron chi connectivity index (χ3n) is 6.19. The maximum atomic E-state index is 11.0. The van der Waals surface area contributed by atoms with Crippen molar-refractivity contribution in [3.05, 3.63) is 34.9 Å². The van der Waals surface area contributed by atoms with Gasteiger partial charge >= 0.3 is 7.82 Å². The number of nitrogens with two attached hydrogens (primary N) is 1. The molecule has 0 amide bonds. The smallest absolute Gasteiger partial charge is 0.323 e. The summed E-state index contributed by atoms with van der Waals surface area (Å²) in [4.78, 5) is 17.9. The van der Waals surface area contributed by atoms with Gasteiger partial charge in [0.05, 0.1) is 6.61 Å². The van der Waals surface area contributed by atoms with E-state index in [-0.39, 0.29) is 6.61 Å². The number of hydrogen-bond donors (Lipinski definition) is 3. The summed E-state index contributed by atoms with van der Waals surface area (Å²) in [6.07, 6.45) is 8.60. The Kier molecular flexibility index (Phi) is 7.68. The molecule has 0 spiro atoms. The van der Waals surface area contributed by atoms with Crippen molar-refractivity contribution in [1.82, 2.24) is 0 Å². The molecular formula is C21H34NO4PS. The number of rotatable bonds is 9. The van der Waals surface area contributed by atoms with Gasteiger partial charge in [0, 0.05) is 5.54 Å². The molecule has 5 nitrogen and oxygen atoms in total. The van der Waals surface area contributed by atoms with Gasteiger partial charge in [0.15, 0.2) is 0 Å². The number of phosphoric acid groups is 1. The molecule has 1 aromatic carbocycles. The largest absolute Gasteiger partial charge is 0.469 e. The Balaban J connectivity index is 1.56. The normalized spacial score (nSPS) is 27.7. The zero-order chi connectivity index (χ0) is 20.2. The fourth-order valence-corrected chi connectivity index (χ4v) is 6.23. The molecular weight excluding hydrogens is 393 g/mol. The summed E-state index contributed by atoms with van der Waals surface area (Å²) in [7, 11) is -4.47. The molecule has 2 aliphatic carbocycles. The number of hydrogen-bond acceptors (Lipinski definition) is 4. The van der Waals surface area contributed by atoms with Crippen molar-refractivity contribution in [2.24, 2.45) is 11.7 Å². The first-order valence-electron chi connectivity index (χ1n) is 10.5. The van der Waals surface area contributed by atoms with E-state index in [0.29, 0.717) is 12.3 Å². The van der Waals surface area contributed by atoms with Crippen LogP contribution < -0.4 is 5.73 Å². The second-order valence-electron chi connectivity index (χ2n) is 8.63. The molecule has 1 saturated carbocycles. The van der Waals surface area contributed by atoms with E-state index in [4.69, 9.17) is 15.5 Å². The van der Waals surface area contributed by atoms with Crippen molar-refractivity contribution in [2.45, 2.75) is 69.7 Å². The molecule has 0 heterocycles. The quantitative estimate of drug-likeness (QED) is 0.400. The summed E-state index contributed by atoms with van der Waals surface area (Å²) in [5, 5.41) is 0. The minimum absolute atomic E-state index is 0.0872. The molecule has 3 atom stereocenters. The first-order valence-corrected chi connectivity index (χ1v) is 13.1. The van der Waals surface area contributed by atoms with Gasteiger partial charge in [-0.25, -0.2) is 4.57 Å². The lowest BCUT2D eigenvalue weighted by molar-refractivity contribution is 0.153. The van der Waals surface area contributed by atoms with E-state index < -0.39 is 13.4 Å². The van der Waals surface area contributed by atoms with Crippen molar-refractivity contribution in [1.29, 1.82) is 0 Å². The lowest BCUT2D eigenvalue weighted by Gasteiger charge is -2.26. The standard InChI is InChI=1S/C21H34NO4PS/c1-2-3-10-28-14-16-4-5-18-12-19(7-6-17(18)11-16)20-8-9-21(22,13-20)15-26-27(23,24)25/h6-7,12,16,20H,2-5,8-11,13-15,22H2,1H3,(H2,23,24,25)/t16?,20-,21-/m1/s1. The van der Waals surface area contributed by atoms with E-state index >= 15 is 0 Å². The van der Waals surface area contributed by atoms with Gasteiger partial charge in [-0.3, -0.25) is 4.52 Å². The predicted octanol–water partition coefficient (Wildman–Crippen LogP) is 4.40. The van der Waals surface area contributed by atoms with E-state index in [2.05, 4.69) is 41.4 Å². The summed E-state index contributed by atoms with van der Waals surface area (Å²) in [6, 6.07) is 6.90. The number of aryl methyl sites for hydroxylation is 1. The lowest BCUT2D eigenvalue weighted by Crippen LogP contribution is -2.41. The second-order valence-corrected chi connectivity index (χ2v) is 11.0. The zero-order valence-corrected chi connectivity index (χ0v) is 18.5. The minimum atomic E-state index is -4.47. The molecule has 3 rings (SSSR count). The minimum Gasteiger partial charge on any atom is -0.323 e. The first kappa shape index (κ1) is 22.3. The van der Waals surface area contributed by atoms with Crippen LogP contribution in [0.2, 0.25) is 0 Å². The topological polar surface area (TPSA) is 92.8 Å². The van der Waals surface area contributed by atoms with Crippen LogP contribution in [0.5, 0.6) is 0 Å². The van der Waals surface area contributed by atoms with E-state index in [9.17, 15) is 4.57 Å². The van der Waals surface area contributed by atoms with Crippen LogP contribution in [0, 0.1) is 5.92 Å². The molecule has 1 fully saturated rings. The predicted molar refractivity (Wildman–Crippen MR) is 116 cm³/mol. The van der Waals surface area contributed by atoms with Crippen molar-refractivity contribution in [3.63, 3.8) is 0 Å². The van der Waals surface area contributed by atoms with Gasteiger partial charge in [0.25, 0.3) is 0 Å². The summed E-state index contributed by atoms with van der Waals surface area (Å²) < 4.78 is 15.7. The monoisotopic (exact) mass is 427 g/mol. The van der Waals surface area contributed by atoms with Gasteiger partial charge in [-0.1, -0.05) is 31.5 Å². The molecule has 0 aromatic heterocycles. The van der Waals surface area contributed by atoms with Gasteiger partial charge in [-0.05, 0) is 85.0 Å². The Morgan fingerprint density at radius 3 is 2.89 bits per heavy atom.